The average molecular weight is 357 g/mol. The molecule has 20 heavy (non-hydrogen) atoms. The number of hydrogen-bond donors (Lipinski definition) is 1. The van der Waals surface area contributed by atoms with E-state index in [1.54, 1.807) is 0 Å². The van der Waals surface area contributed by atoms with Crippen molar-refractivity contribution in [2.75, 3.05) is 0 Å². The molecule has 3 nitrogen and oxygen atoms in total. The molecule has 2 rings (SSSR count). The Morgan fingerprint density at radius 2 is 2.05 bits per heavy atom. The fraction of sp³-hybridized carbons (Fsp3) is 0.400. The summed E-state index contributed by atoms with van der Waals surface area (Å²) in [5.74, 6) is 0. The van der Waals surface area contributed by atoms with Crippen LogP contribution in [-0.2, 0) is 6.54 Å². The Kier molecular flexibility index (Phi) is 4.89. The highest BCUT2D eigenvalue weighted by atomic mass is 79.9. The maximum Gasteiger partial charge on any atom is 0.0848 e. The van der Waals surface area contributed by atoms with Gasteiger partial charge >= 0.3 is 0 Å². The number of hydrogen-bond acceptors (Lipinski definition) is 2. The minimum atomic E-state index is 0.469. The number of nitrogens with one attached hydrogen (secondary N) is 1. The molecular formula is C15H19BrClN3. The minimum absolute atomic E-state index is 0.469. The van der Waals surface area contributed by atoms with Crippen LogP contribution in [0.15, 0.2) is 22.7 Å². The van der Waals surface area contributed by atoms with Gasteiger partial charge < -0.3 is 5.32 Å². The molecule has 0 aliphatic heterocycles. The molecule has 0 aliphatic carbocycles. The molecule has 108 valence electrons. The van der Waals surface area contributed by atoms with E-state index in [9.17, 15) is 0 Å². The molecule has 0 radical (unpaired) electrons. The zero-order valence-electron chi connectivity index (χ0n) is 12.2. The molecule has 1 aromatic carbocycles. The van der Waals surface area contributed by atoms with Crippen molar-refractivity contribution in [3.63, 3.8) is 0 Å². The van der Waals surface area contributed by atoms with Crippen molar-refractivity contribution < 1.29 is 0 Å². The van der Waals surface area contributed by atoms with E-state index in [1.807, 2.05) is 18.5 Å². The second-order valence-electron chi connectivity index (χ2n) is 5.21. The van der Waals surface area contributed by atoms with Gasteiger partial charge in [0.2, 0.25) is 0 Å². The summed E-state index contributed by atoms with van der Waals surface area (Å²) in [7, 11) is 0. The van der Waals surface area contributed by atoms with Crippen molar-refractivity contribution in [1.82, 2.24) is 15.1 Å². The number of rotatable bonds is 4. The average Bonchev–Trinajstić information content (AvgIpc) is 2.65. The number of aromatic nitrogens is 2. The van der Waals surface area contributed by atoms with E-state index in [0.717, 1.165) is 33.1 Å². The van der Waals surface area contributed by atoms with Crippen molar-refractivity contribution >= 4 is 27.5 Å². The van der Waals surface area contributed by atoms with E-state index in [2.05, 4.69) is 58.4 Å². The van der Waals surface area contributed by atoms with Crippen LogP contribution in [0.2, 0.25) is 5.02 Å². The fourth-order valence-corrected chi connectivity index (χ4v) is 2.63. The Balaban J connectivity index is 2.31. The molecule has 0 saturated carbocycles. The predicted molar refractivity (Wildman–Crippen MR) is 87.7 cm³/mol. The first-order chi connectivity index (χ1) is 9.40. The van der Waals surface area contributed by atoms with E-state index < -0.39 is 0 Å². The third kappa shape index (κ3) is 3.25. The summed E-state index contributed by atoms with van der Waals surface area (Å²) >= 11 is 9.83. The van der Waals surface area contributed by atoms with Gasteiger partial charge in [0.15, 0.2) is 0 Å². The lowest BCUT2D eigenvalue weighted by Gasteiger charge is -2.11. The van der Waals surface area contributed by atoms with Crippen LogP contribution in [0, 0.1) is 13.8 Å². The summed E-state index contributed by atoms with van der Waals surface area (Å²) in [6.07, 6.45) is 0. The summed E-state index contributed by atoms with van der Waals surface area (Å²) in [5, 5.41) is 8.61. The van der Waals surface area contributed by atoms with Crippen molar-refractivity contribution in [2.45, 2.75) is 40.3 Å². The Hall–Kier alpha value is -0.840. The highest BCUT2D eigenvalue weighted by molar-refractivity contribution is 9.10. The van der Waals surface area contributed by atoms with Gasteiger partial charge in [-0.25, -0.2) is 4.68 Å². The molecule has 0 atom stereocenters. The Labute approximate surface area is 133 Å². The van der Waals surface area contributed by atoms with Crippen LogP contribution >= 0.6 is 27.5 Å². The van der Waals surface area contributed by atoms with E-state index in [-0.39, 0.29) is 0 Å². The SMILES string of the molecule is Cc1nn(-c2ccc(CNC(C)C)c(Br)c2)c(C)c1Cl. The zero-order chi connectivity index (χ0) is 14.9. The third-order valence-electron chi connectivity index (χ3n) is 3.18. The Morgan fingerprint density at radius 3 is 2.55 bits per heavy atom. The molecule has 0 amide bonds. The summed E-state index contributed by atoms with van der Waals surface area (Å²) in [4.78, 5) is 0. The first-order valence-corrected chi connectivity index (χ1v) is 7.81. The second-order valence-corrected chi connectivity index (χ2v) is 6.44. The standard InChI is InChI=1S/C15H19BrClN3/c1-9(2)18-8-12-5-6-13(7-14(12)16)20-11(4)15(17)10(3)19-20/h5-7,9,18H,8H2,1-4H3. The molecule has 5 heteroatoms. The van der Waals surface area contributed by atoms with E-state index in [0.29, 0.717) is 6.04 Å². The summed E-state index contributed by atoms with van der Waals surface area (Å²) in [5.41, 5.74) is 4.06. The van der Waals surface area contributed by atoms with Gasteiger partial charge in [-0.2, -0.15) is 5.10 Å². The quantitative estimate of drug-likeness (QED) is 0.879. The smallest absolute Gasteiger partial charge is 0.0848 e. The van der Waals surface area contributed by atoms with Crippen LogP contribution in [0.4, 0.5) is 0 Å². The second kappa shape index (κ2) is 6.29. The van der Waals surface area contributed by atoms with Crippen LogP contribution in [0.25, 0.3) is 5.69 Å². The highest BCUT2D eigenvalue weighted by Gasteiger charge is 2.11. The normalized spacial score (nSPS) is 11.3. The van der Waals surface area contributed by atoms with Gasteiger partial charge in [-0.3, -0.25) is 0 Å². The summed E-state index contributed by atoms with van der Waals surface area (Å²) in [6, 6.07) is 6.72. The molecule has 1 heterocycles. The molecule has 0 fully saturated rings. The van der Waals surface area contributed by atoms with Crippen LogP contribution < -0.4 is 5.32 Å². The lowest BCUT2D eigenvalue weighted by molar-refractivity contribution is 0.588. The number of nitrogens with zero attached hydrogens (tertiary/aromatic N) is 2. The molecule has 0 saturated heterocycles. The lowest BCUT2D eigenvalue weighted by Crippen LogP contribution is -2.22. The van der Waals surface area contributed by atoms with Crippen molar-refractivity contribution in [2.24, 2.45) is 0 Å². The van der Waals surface area contributed by atoms with Gasteiger partial charge in [0.1, 0.15) is 0 Å². The number of benzene rings is 1. The fourth-order valence-electron chi connectivity index (χ4n) is 2.00. The molecule has 0 bridgehead atoms. The predicted octanol–water partition coefficient (Wildman–Crippen LogP) is 4.40. The van der Waals surface area contributed by atoms with Gasteiger partial charge in [0.25, 0.3) is 0 Å². The monoisotopic (exact) mass is 355 g/mol. The van der Waals surface area contributed by atoms with Gasteiger partial charge in [0.05, 0.1) is 22.1 Å². The maximum atomic E-state index is 6.20. The molecular weight excluding hydrogens is 338 g/mol. The van der Waals surface area contributed by atoms with E-state index >= 15 is 0 Å². The Bertz CT molecular complexity index is 620. The minimum Gasteiger partial charge on any atom is -0.310 e. The van der Waals surface area contributed by atoms with Crippen LogP contribution in [0.5, 0.6) is 0 Å². The third-order valence-corrected chi connectivity index (χ3v) is 4.47. The van der Waals surface area contributed by atoms with Gasteiger partial charge in [-0.15, -0.1) is 0 Å². The first-order valence-electron chi connectivity index (χ1n) is 6.64. The topological polar surface area (TPSA) is 29.9 Å². The van der Waals surface area contributed by atoms with Crippen LogP contribution in [0.1, 0.15) is 30.8 Å². The first kappa shape index (κ1) is 15.5. The summed E-state index contributed by atoms with van der Waals surface area (Å²) < 4.78 is 2.95. The molecule has 1 N–H and O–H groups in total. The van der Waals surface area contributed by atoms with Crippen molar-refractivity contribution in [3.8, 4) is 5.69 Å². The van der Waals surface area contributed by atoms with Crippen LogP contribution in [-0.4, -0.2) is 15.8 Å². The zero-order valence-corrected chi connectivity index (χ0v) is 14.5. The molecule has 2 aromatic rings. The highest BCUT2D eigenvalue weighted by Crippen LogP contribution is 2.25. The number of aryl methyl sites for hydroxylation is 1. The van der Waals surface area contributed by atoms with Gasteiger partial charge in [0, 0.05) is 17.1 Å². The van der Waals surface area contributed by atoms with Gasteiger partial charge in [-0.1, -0.05) is 47.4 Å². The van der Waals surface area contributed by atoms with E-state index in [1.165, 1.54) is 5.56 Å². The van der Waals surface area contributed by atoms with E-state index in [4.69, 9.17) is 11.6 Å². The number of halogens is 2. The molecule has 0 aliphatic rings. The Morgan fingerprint density at radius 1 is 1.35 bits per heavy atom. The molecule has 0 spiro atoms. The van der Waals surface area contributed by atoms with Crippen molar-refractivity contribution in [1.29, 1.82) is 0 Å². The molecule has 1 aromatic heterocycles. The molecule has 0 unspecified atom stereocenters. The maximum absolute atomic E-state index is 6.20. The van der Waals surface area contributed by atoms with Gasteiger partial charge in [-0.05, 0) is 31.5 Å². The van der Waals surface area contributed by atoms with Crippen molar-refractivity contribution in [3.05, 3.63) is 44.6 Å². The summed E-state index contributed by atoms with van der Waals surface area (Å²) in [6.45, 7) is 9.02. The lowest BCUT2D eigenvalue weighted by atomic mass is 10.2. The van der Waals surface area contributed by atoms with Crippen LogP contribution in [0.3, 0.4) is 0 Å². The largest absolute Gasteiger partial charge is 0.310 e.